The number of benzene rings is 1. The van der Waals surface area contributed by atoms with Gasteiger partial charge in [0, 0.05) is 12.4 Å². The predicted molar refractivity (Wildman–Crippen MR) is 99.5 cm³/mol. The van der Waals surface area contributed by atoms with E-state index in [1.165, 1.54) is 63.4 Å². The Morgan fingerprint density at radius 2 is 1.46 bits per heavy atom. The van der Waals surface area contributed by atoms with Crippen molar-refractivity contribution in [3.63, 3.8) is 0 Å². The van der Waals surface area contributed by atoms with Crippen LogP contribution < -0.4 is 4.74 Å². The van der Waals surface area contributed by atoms with E-state index >= 15 is 0 Å². The molecule has 0 bridgehead atoms. The Labute approximate surface area is 146 Å². The highest BCUT2D eigenvalue weighted by atomic mass is 16.5. The summed E-state index contributed by atoms with van der Waals surface area (Å²) >= 11 is 0. The van der Waals surface area contributed by atoms with Crippen LogP contribution in [0.25, 0.3) is 0 Å². The first-order valence-corrected chi connectivity index (χ1v) is 9.42. The molecule has 3 nitrogen and oxygen atoms in total. The summed E-state index contributed by atoms with van der Waals surface area (Å²) in [7, 11) is 0. The van der Waals surface area contributed by atoms with E-state index in [9.17, 15) is 0 Å². The van der Waals surface area contributed by atoms with E-state index in [-0.39, 0.29) is 0 Å². The topological polar surface area (TPSA) is 35.0 Å². The van der Waals surface area contributed by atoms with Crippen LogP contribution in [-0.4, -0.2) is 9.97 Å². The van der Waals surface area contributed by atoms with Crippen LogP contribution in [0.4, 0.5) is 0 Å². The molecule has 0 spiro atoms. The zero-order valence-electron chi connectivity index (χ0n) is 14.9. The van der Waals surface area contributed by atoms with Gasteiger partial charge in [-0.3, -0.25) is 0 Å². The maximum Gasteiger partial charge on any atom is 0.321 e. The SMILES string of the molecule is CCCCCCCCCCCc1cccc(Oc2ncccn2)c1. The second kappa shape index (κ2) is 11.6. The number of rotatable bonds is 12. The highest BCUT2D eigenvalue weighted by Crippen LogP contribution is 2.20. The van der Waals surface area contributed by atoms with Crippen molar-refractivity contribution in [2.75, 3.05) is 0 Å². The number of ether oxygens (including phenoxy) is 1. The standard InChI is InChI=1S/C21H30N2O/c1-2-3-4-5-6-7-8-9-10-13-19-14-11-15-20(18-19)24-21-22-16-12-17-23-21/h11-12,14-18H,2-10,13H2,1H3. The zero-order chi connectivity index (χ0) is 16.9. The van der Waals surface area contributed by atoms with E-state index in [1.54, 1.807) is 18.5 Å². The number of hydrogen-bond acceptors (Lipinski definition) is 3. The molecule has 1 heterocycles. The maximum absolute atomic E-state index is 5.69. The molecule has 24 heavy (non-hydrogen) atoms. The highest BCUT2D eigenvalue weighted by Gasteiger charge is 2.01. The third-order valence-corrected chi connectivity index (χ3v) is 4.22. The van der Waals surface area contributed by atoms with Crippen molar-refractivity contribution in [3.8, 4) is 11.8 Å². The van der Waals surface area contributed by atoms with E-state index in [1.807, 2.05) is 12.1 Å². The van der Waals surface area contributed by atoms with Crippen LogP contribution in [0.15, 0.2) is 42.7 Å². The summed E-state index contributed by atoms with van der Waals surface area (Å²) in [5.74, 6) is 0.814. The molecule has 1 aromatic heterocycles. The van der Waals surface area contributed by atoms with Crippen molar-refractivity contribution in [1.82, 2.24) is 9.97 Å². The number of unbranched alkanes of at least 4 members (excludes halogenated alkanes) is 8. The van der Waals surface area contributed by atoms with Gasteiger partial charge >= 0.3 is 6.01 Å². The quantitative estimate of drug-likeness (QED) is 0.427. The van der Waals surface area contributed by atoms with Crippen molar-refractivity contribution >= 4 is 0 Å². The molecule has 130 valence electrons. The average molecular weight is 326 g/mol. The van der Waals surface area contributed by atoms with E-state index in [0.29, 0.717) is 6.01 Å². The van der Waals surface area contributed by atoms with Crippen LogP contribution in [0.1, 0.15) is 70.3 Å². The molecule has 0 aliphatic heterocycles. The van der Waals surface area contributed by atoms with Crippen LogP contribution in [0.5, 0.6) is 11.8 Å². The third kappa shape index (κ3) is 7.58. The van der Waals surface area contributed by atoms with E-state index in [0.717, 1.165) is 12.2 Å². The fraction of sp³-hybridized carbons (Fsp3) is 0.524. The summed E-state index contributed by atoms with van der Waals surface area (Å²) in [6.45, 7) is 2.27. The van der Waals surface area contributed by atoms with Crippen molar-refractivity contribution in [1.29, 1.82) is 0 Å². The second-order valence-corrected chi connectivity index (χ2v) is 6.36. The Kier molecular flexibility index (Phi) is 8.92. The van der Waals surface area contributed by atoms with E-state index < -0.39 is 0 Å². The third-order valence-electron chi connectivity index (χ3n) is 4.22. The van der Waals surface area contributed by atoms with E-state index in [2.05, 4.69) is 29.0 Å². The highest BCUT2D eigenvalue weighted by molar-refractivity contribution is 5.30. The van der Waals surface area contributed by atoms with Gasteiger partial charge in [0.1, 0.15) is 5.75 Å². The molecule has 0 saturated heterocycles. The van der Waals surface area contributed by atoms with Crippen molar-refractivity contribution in [2.24, 2.45) is 0 Å². The predicted octanol–water partition coefficient (Wildman–Crippen LogP) is 6.34. The van der Waals surface area contributed by atoms with Gasteiger partial charge in [0.2, 0.25) is 0 Å². The molecule has 0 aliphatic rings. The lowest BCUT2D eigenvalue weighted by Crippen LogP contribution is -1.92. The molecule has 0 atom stereocenters. The Bertz CT molecular complexity index is 557. The number of aromatic nitrogens is 2. The van der Waals surface area contributed by atoms with Gasteiger partial charge < -0.3 is 4.74 Å². The van der Waals surface area contributed by atoms with Gasteiger partial charge in [-0.05, 0) is 36.6 Å². The van der Waals surface area contributed by atoms with Crippen LogP contribution >= 0.6 is 0 Å². The number of nitrogens with zero attached hydrogens (tertiary/aromatic N) is 2. The first-order chi connectivity index (χ1) is 11.9. The average Bonchev–Trinajstić information content (AvgIpc) is 2.61. The van der Waals surface area contributed by atoms with Crippen LogP contribution in [0.2, 0.25) is 0 Å². The van der Waals surface area contributed by atoms with Gasteiger partial charge in [0.25, 0.3) is 0 Å². The summed E-state index contributed by atoms with van der Waals surface area (Å²) in [6.07, 6.45) is 16.8. The van der Waals surface area contributed by atoms with Gasteiger partial charge in [-0.2, -0.15) is 0 Å². The normalized spacial score (nSPS) is 10.7. The summed E-state index contributed by atoms with van der Waals surface area (Å²) in [6, 6.07) is 10.5. The first-order valence-electron chi connectivity index (χ1n) is 9.42. The van der Waals surface area contributed by atoms with Crippen molar-refractivity contribution in [2.45, 2.75) is 71.1 Å². The van der Waals surface area contributed by atoms with Gasteiger partial charge in [-0.15, -0.1) is 0 Å². The van der Waals surface area contributed by atoms with Crippen molar-refractivity contribution < 1.29 is 4.74 Å². The Morgan fingerprint density at radius 3 is 2.17 bits per heavy atom. The summed E-state index contributed by atoms with van der Waals surface area (Å²) in [4.78, 5) is 8.19. The van der Waals surface area contributed by atoms with Crippen molar-refractivity contribution in [3.05, 3.63) is 48.3 Å². The van der Waals surface area contributed by atoms with Gasteiger partial charge in [0.05, 0.1) is 0 Å². The Hall–Kier alpha value is -1.90. The van der Waals surface area contributed by atoms with Gasteiger partial charge in [-0.1, -0.05) is 70.4 Å². The molecule has 0 aliphatic carbocycles. The molecule has 2 aromatic rings. The second-order valence-electron chi connectivity index (χ2n) is 6.36. The summed E-state index contributed by atoms with van der Waals surface area (Å²) in [5, 5.41) is 0. The summed E-state index contributed by atoms with van der Waals surface area (Å²) < 4.78 is 5.69. The summed E-state index contributed by atoms with van der Waals surface area (Å²) in [5.41, 5.74) is 1.33. The molecule has 0 N–H and O–H groups in total. The fourth-order valence-corrected chi connectivity index (χ4v) is 2.85. The molecular weight excluding hydrogens is 296 g/mol. The maximum atomic E-state index is 5.69. The minimum atomic E-state index is 0.401. The first kappa shape index (κ1) is 18.4. The molecule has 0 amide bonds. The zero-order valence-corrected chi connectivity index (χ0v) is 14.9. The largest absolute Gasteiger partial charge is 0.424 e. The molecule has 0 unspecified atom stereocenters. The van der Waals surface area contributed by atoms with E-state index in [4.69, 9.17) is 4.74 Å². The minimum Gasteiger partial charge on any atom is -0.424 e. The fourth-order valence-electron chi connectivity index (χ4n) is 2.85. The molecule has 2 rings (SSSR count). The molecule has 0 fully saturated rings. The lowest BCUT2D eigenvalue weighted by molar-refractivity contribution is 0.441. The molecule has 3 heteroatoms. The van der Waals surface area contributed by atoms with Crippen LogP contribution in [-0.2, 0) is 6.42 Å². The Morgan fingerprint density at radius 1 is 0.792 bits per heavy atom. The van der Waals surface area contributed by atoms with Crippen LogP contribution in [0, 0.1) is 0 Å². The van der Waals surface area contributed by atoms with Crippen LogP contribution in [0.3, 0.4) is 0 Å². The molecule has 0 saturated carbocycles. The van der Waals surface area contributed by atoms with Gasteiger partial charge in [0.15, 0.2) is 0 Å². The lowest BCUT2D eigenvalue weighted by atomic mass is 10.0. The number of aryl methyl sites for hydroxylation is 1. The van der Waals surface area contributed by atoms with Gasteiger partial charge in [-0.25, -0.2) is 9.97 Å². The monoisotopic (exact) mass is 326 g/mol. The molecule has 1 aromatic carbocycles. The molecular formula is C21H30N2O. The molecule has 0 radical (unpaired) electrons. The Balaban J connectivity index is 1.62. The number of hydrogen-bond donors (Lipinski definition) is 0. The minimum absolute atomic E-state index is 0.401. The lowest BCUT2D eigenvalue weighted by Gasteiger charge is -2.06. The smallest absolute Gasteiger partial charge is 0.321 e.